The third kappa shape index (κ3) is 7.08. The van der Waals surface area contributed by atoms with Crippen LogP contribution in [0.15, 0.2) is 18.2 Å². The summed E-state index contributed by atoms with van der Waals surface area (Å²) in [6.07, 6.45) is 0.0834. The van der Waals surface area contributed by atoms with E-state index in [9.17, 15) is 14.4 Å². The van der Waals surface area contributed by atoms with Gasteiger partial charge < -0.3 is 29.9 Å². The number of nitrogens with one attached hydrogen (secondary N) is 2. The Morgan fingerprint density at radius 1 is 1.24 bits per heavy atom. The predicted octanol–water partition coefficient (Wildman–Crippen LogP) is 2.96. The van der Waals surface area contributed by atoms with Crippen molar-refractivity contribution in [1.29, 1.82) is 0 Å². The number of nitrogens with zero attached hydrogens (tertiary/aromatic N) is 2. The molecule has 1 aliphatic heterocycles. The van der Waals surface area contributed by atoms with Gasteiger partial charge in [-0.3, -0.25) is 9.59 Å². The van der Waals surface area contributed by atoms with Crippen LogP contribution in [-0.2, 0) is 9.53 Å². The summed E-state index contributed by atoms with van der Waals surface area (Å²) in [4.78, 5) is 41.4. The van der Waals surface area contributed by atoms with Crippen molar-refractivity contribution in [3.05, 3.63) is 23.8 Å². The molecule has 1 aliphatic rings. The van der Waals surface area contributed by atoms with Gasteiger partial charge >= 0.3 is 6.03 Å². The Morgan fingerprint density at radius 3 is 2.55 bits per heavy atom. The molecule has 0 unspecified atom stereocenters. The van der Waals surface area contributed by atoms with Gasteiger partial charge in [0.25, 0.3) is 5.91 Å². The van der Waals surface area contributed by atoms with Crippen LogP contribution in [-0.4, -0.2) is 79.7 Å². The topological polar surface area (TPSA) is 100 Å². The van der Waals surface area contributed by atoms with Crippen LogP contribution >= 0.6 is 0 Å². The van der Waals surface area contributed by atoms with Crippen LogP contribution in [0.25, 0.3) is 0 Å². The highest BCUT2D eigenvalue weighted by molar-refractivity contribution is 5.98. The highest BCUT2D eigenvalue weighted by atomic mass is 16.5. The molecule has 9 heteroatoms. The lowest BCUT2D eigenvalue weighted by molar-refractivity contribution is -0.115. The first-order chi connectivity index (χ1) is 15.6. The van der Waals surface area contributed by atoms with Crippen LogP contribution in [0, 0.1) is 5.92 Å². The van der Waals surface area contributed by atoms with Crippen LogP contribution in [0.2, 0.25) is 0 Å². The van der Waals surface area contributed by atoms with Crippen molar-refractivity contribution >= 4 is 23.5 Å². The quantitative estimate of drug-likeness (QED) is 0.717. The van der Waals surface area contributed by atoms with Gasteiger partial charge in [0.2, 0.25) is 5.91 Å². The number of rotatable bonds is 4. The fourth-order valence-electron chi connectivity index (χ4n) is 3.71. The summed E-state index contributed by atoms with van der Waals surface area (Å²) < 4.78 is 11.8. The van der Waals surface area contributed by atoms with Crippen molar-refractivity contribution < 1.29 is 23.9 Å². The summed E-state index contributed by atoms with van der Waals surface area (Å²) in [5.74, 6) is 0.0131. The van der Waals surface area contributed by atoms with Gasteiger partial charge in [0, 0.05) is 57.4 Å². The first kappa shape index (κ1) is 26.4. The minimum atomic E-state index is -0.266. The van der Waals surface area contributed by atoms with Crippen molar-refractivity contribution in [2.45, 2.75) is 59.2 Å². The molecule has 1 aromatic rings. The number of benzene rings is 1. The van der Waals surface area contributed by atoms with Crippen LogP contribution in [0.3, 0.4) is 0 Å². The third-order valence-corrected chi connectivity index (χ3v) is 5.72. The van der Waals surface area contributed by atoms with E-state index in [1.807, 2.05) is 27.7 Å². The predicted molar refractivity (Wildman–Crippen MR) is 128 cm³/mol. The summed E-state index contributed by atoms with van der Waals surface area (Å²) in [7, 11) is 3.34. The highest BCUT2D eigenvalue weighted by Gasteiger charge is 2.30. The van der Waals surface area contributed by atoms with Gasteiger partial charge in [-0.05, 0) is 32.9 Å². The molecule has 0 saturated heterocycles. The van der Waals surface area contributed by atoms with E-state index < -0.39 is 0 Å². The van der Waals surface area contributed by atoms with Crippen LogP contribution < -0.4 is 15.4 Å². The summed E-state index contributed by atoms with van der Waals surface area (Å²) in [5, 5.41) is 5.76. The van der Waals surface area contributed by atoms with Gasteiger partial charge in [-0.2, -0.15) is 0 Å². The van der Waals surface area contributed by atoms with Gasteiger partial charge in [0.1, 0.15) is 12.4 Å². The van der Waals surface area contributed by atoms with Gasteiger partial charge in [-0.25, -0.2) is 4.79 Å². The van der Waals surface area contributed by atoms with E-state index in [0.29, 0.717) is 36.5 Å². The number of anilines is 1. The van der Waals surface area contributed by atoms with Crippen molar-refractivity contribution in [3.63, 3.8) is 0 Å². The number of urea groups is 1. The molecule has 3 atom stereocenters. The largest absolute Gasteiger partial charge is 0.491 e. The molecule has 9 nitrogen and oxygen atoms in total. The van der Waals surface area contributed by atoms with E-state index in [4.69, 9.17) is 9.47 Å². The Bertz CT molecular complexity index is 844. The van der Waals surface area contributed by atoms with Gasteiger partial charge in [0.05, 0.1) is 17.7 Å². The number of methoxy groups -OCH3 is 1. The SMILES string of the molecule is CCC(=O)Nc1ccc2c(c1)OC[C@H](C)N(C(=O)NC(C)C)C[C@@H](C)[C@@H](OC)CN(C)C2=O. The summed E-state index contributed by atoms with van der Waals surface area (Å²) in [5.41, 5.74) is 0.939. The number of fused-ring (bicyclic) bond motifs is 1. The van der Waals surface area contributed by atoms with E-state index in [-0.39, 0.29) is 48.6 Å². The van der Waals surface area contributed by atoms with Crippen molar-refractivity contribution in [2.75, 3.05) is 39.2 Å². The first-order valence-corrected chi connectivity index (χ1v) is 11.5. The van der Waals surface area contributed by atoms with Crippen molar-refractivity contribution in [1.82, 2.24) is 15.1 Å². The van der Waals surface area contributed by atoms with Crippen LogP contribution in [0.5, 0.6) is 5.75 Å². The second kappa shape index (κ2) is 11.9. The molecular weight excluding hydrogens is 424 g/mol. The standard InChI is InChI=1S/C24H38N4O5/c1-8-22(29)26-18-9-10-19-20(11-18)33-14-17(5)28(24(31)25-15(2)3)12-16(4)21(32-7)13-27(6)23(19)30/h9-11,15-17,21H,8,12-14H2,1-7H3,(H,25,31)(H,26,29)/t16-,17+,21+/m1/s1. The number of hydrogen-bond acceptors (Lipinski definition) is 5. The lowest BCUT2D eigenvalue weighted by Gasteiger charge is -2.36. The number of carbonyl (C=O) groups excluding carboxylic acids is 3. The molecule has 0 spiro atoms. The summed E-state index contributed by atoms with van der Waals surface area (Å²) in [6.45, 7) is 10.5. The summed E-state index contributed by atoms with van der Waals surface area (Å²) in [6, 6.07) is 4.56. The van der Waals surface area contributed by atoms with Crippen molar-refractivity contribution in [2.24, 2.45) is 5.92 Å². The molecule has 0 saturated carbocycles. The lowest BCUT2D eigenvalue weighted by Crippen LogP contribution is -2.52. The number of amides is 4. The van der Waals surface area contributed by atoms with E-state index in [1.54, 1.807) is 49.1 Å². The number of hydrogen-bond donors (Lipinski definition) is 2. The Labute approximate surface area is 196 Å². The third-order valence-electron chi connectivity index (χ3n) is 5.72. The maximum absolute atomic E-state index is 13.2. The zero-order valence-corrected chi connectivity index (χ0v) is 20.8. The van der Waals surface area contributed by atoms with Gasteiger partial charge in [-0.1, -0.05) is 13.8 Å². The molecule has 2 N–H and O–H groups in total. The van der Waals surface area contributed by atoms with E-state index in [0.717, 1.165) is 0 Å². The molecule has 1 heterocycles. The fourth-order valence-corrected chi connectivity index (χ4v) is 3.71. The Balaban J connectivity index is 2.44. The molecule has 0 radical (unpaired) electrons. The molecular formula is C24H38N4O5. The molecule has 0 bridgehead atoms. The maximum atomic E-state index is 13.2. The fraction of sp³-hybridized carbons (Fsp3) is 0.625. The van der Waals surface area contributed by atoms with Crippen molar-refractivity contribution in [3.8, 4) is 5.75 Å². The number of ether oxygens (including phenoxy) is 2. The monoisotopic (exact) mass is 462 g/mol. The molecule has 1 aromatic carbocycles. The average Bonchev–Trinajstić information content (AvgIpc) is 2.77. The van der Waals surface area contributed by atoms with Crippen LogP contribution in [0.1, 0.15) is 51.4 Å². The molecule has 4 amide bonds. The molecule has 2 rings (SSSR count). The minimum Gasteiger partial charge on any atom is -0.491 e. The maximum Gasteiger partial charge on any atom is 0.317 e. The van der Waals surface area contributed by atoms with E-state index in [2.05, 4.69) is 10.6 Å². The van der Waals surface area contributed by atoms with Gasteiger partial charge in [-0.15, -0.1) is 0 Å². The van der Waals surface area contributed by atoms with Crippen LogP contribution in [0.4, 0.5) is 10.5 Å². The normalized spacial score (nSPS) is 22.1. The smallest absolute Gasteiger partial charge is 0.317 e. The van der Waals surface area contributed by atoms with E-state index >= 15 is 0 Å². The highest BCUT2D eigenvalue weighted by Crippen LogP contribution is 2.27. The Kier molecular flexibility index (Phi) is 9.52. The minimum absolute atomic E-state index is 0.00486. The zero-order chi connectivity index (χ0) is 24.7. The Morgan fingerprint density at radius 2 is 1.94 bits per heavy atom. The summed E-state index contributed by atoms with van der Waals surface area (Å²) >= 11 is 0. The number of likely N-dealkylation sites (N-methyl/N-ethyl adjacent to an activating group) is 1. The molecule has 0 fully saturated rings. The molecule has 0 aromatic heterocycles. The second-order valence-corrected chi connectivity index (χ2v) is 8.97. The molecule has 184 valence electrons. The number of carbonyl (C=O) groups is 3. The lowest BCUT2D eigenvalue weighted by atomic mass is 10.0. The van der Waals surface area contributed by atoms with Gasteiger partial charge in [0.15, 0.2) is 0 Å². The zero-order valence-electron chi connectivity index (χ0n) is 20.8. The molecule has 33 heavy (non-hydrogen) atoms. The second-order valence-electron chi connectivity index (χ2n) is 8.97. The molecule has 0 aliphatic carbocycles. The Hall–Kier alpha value is -2.81. The van der Waals surface area contributed by atoms with E-state index in [1.165, 1.54) is 0 Å². The first-order valence-electron chi connectivity index (χ1n) is 11.5. The average molecular weight is 463 g/mol.